The summed E-state index contributed by atoms with van der Waals surface area (Å²) in [6.45, 7) is 2.39. The molecule has 5 heteroatoms. The highest BCUT2D eigenvalue weighted by molar-refractivity contribution is 6.32. The van der Waals surface area contributed by atoms with Crippen molar-refractivity contribution in [1.82, 2.24) is 4.90 Å². The number of rotatable bonds is 3. The van der Waals surface area contributed by atoms with Crippen LogP contribution in [-0.2, 0) is 6.54 Å². The summed E-state index contributed by atoms with van der Waals surface area (Å²) in [5, 5.41) is 19.2. The van der Waals surface area contributed by atoms with Gasteiger partial charge in [0.25, 0.3) is 5.91 Å². The van der Waals surface area contributed by atoms with Gasteiger partial charge in [0.2, 0.25) is 0 Å². The molecule has 0 aliphatic rings. The summed E-state index contributed by atoms with van der Waals surface area (Å²) in [7, 11) is 1.65. The van der Waals surface area contributed by atoms with Crippen molar-refractivity contribution >= 4 is 17.5 Å². The van der Waals surface area contributed by atoms with E-state index in [1.807, 2.05) is 31.2 Å². The first kappa shape index (κ1) is 15.2. The van der Waals surface area contributed by atoms with E-state index in [0.29, 0.717) is 6.54 Å². The fourth-order valence-electron chi connectivity index (χ4n) is 2.04. The lowest BCUT2D eigenvalue weighted by molar-refractivity contribution is 0.0782. The Balaban J connectivity index is 2.24. The molecular formula is C16H16ClNO3. The van der Waals surface area contributed by atoms with E-state index in [1.165, 1.54) is 11.0 Å². The number of phenolic OH excluding ortho intramolecular Hbond substituents is 2. The minimum absolute atomic E-state index is 0.0282. The Hall–Kier alpha value is -2.20. The number of hydrogen-bond donors (Lipinski definition) is 2. The smallest absolute Gasteiger partial charge is 0.257 e. The highest BCUT2D eigenvalue weighted by Gasteiger charge is 2.18. The summed E-state index contributed by atoms with van der Waals surface area (Å²) in [6, 6.07) is 10.1. The van der Waals surface area contributed by atoms with Gasteiger partial charge in [-0.3, -0.25) is 4.79 Å². The number of phenols is 2. The van der Waals surface area contributed by atoms with Gasteiger partial charge >= 0.3 is 0 Å². The molecule has 0 aromatic heterocycles. The molecule has 0 saturated carbocycles. The van der Waals surface area contributed by atoms with Crippen LogP contribution in [0.4, 0.5) is 0 Å². The van der Waals surface area contributed by atoms with Crippen LogP contribution in [-0.4, -0.2) is 28.1 Å². The maximum atomic E-state index is 12.4. The maximum absolute atomic E-state index is 12.4. The lowest BCUT2D eigenvalue weighted by atomic mass is 10.1. The van der Waals surface area contributed by atoms with Crippen LogP contribution in [0.25, 0.3) is 0 Å². The first-order valence-electron chi connectivity index (χ1n) is 6.41. The van der Waals surface area contributed by atoms with E-state index >= 15 is 0 Å². The molecule has 0 bridgehead atoms. The Kier molecular flexibility index (Phi) is 4.38. The molecule has 0 heterocycles. The van der Waals surface area contributed by atoms with Crippen LogP contribution in [0.2, 0.25) is 5.02 Å². The number of amides is 1. The number of aryl methyl sites for hydroxylation is 1. The van der Waals surface area contributed by atoms with Crippen molar-refractivity contribution in [3.8, 4) is 11.5 Å². The van der Waals surface area contributed by atoms with E-state index in [-0.39, 0.29) is 28.0 Å². The summed E-state index contributed by atoms with van der Waals surface area (Å²) in [5.74, 6) is -0.913. The molecule has 2 N–H and O–H groups in total. The van der Waals surface area contributed by atoms with Gasteiger partial charge < -0.3 is 15.1 Å². The molecule has 0 spiro atoms. The van der Waals surface area contributed by atoms with Crippen molar-refractivity contribution in [2.75, 3.05) is 7.05 Å². The molecule has 0 unspecified atom stereocenters. The van der Waals surface area contributed by atoms with Crippen molar-refractivity contribution in [3.63, 3.8) is 0 Å². The van der Waals surface area contributed by atoms with Gasteiger partial charge in [-0.25, -0.2) is 0 Å². The zero-order valence-corrected chi connectivity index (χ0v) is 12.6. The van der Waals surface area contributed by atoms with Crippen molar-refractivity contribution in [2.45, 2.75) is 13.5 Å². The van der Waals surface area contributed by atoms with E-state index in [0.717, 1.165) is 17.2 Å². The van der Waals surface area contributed by atoms with Crippen LogP contribution in [0.15, 0.2) is 36.4 Å². The molecule has 0 fully saturated rings. The summed E-state index contributed by atoms with van der Waals surface area (Å²) in [5.41, 5.74) is 2.18. The predicted octanol–water partition coefficient (Wildman–Crippen LogP) is 3.33. The van der Waals surface area contributed by atoms with Crippen LogP contribution in [0, 0.1) is 6.92 Å². The van der Waals surface area contributed by atoms with Crippen molar-refractivity contribution < 1.29 is 15.0 Å². The zero-order chi connectivity index (χ0) is 15.6. The van der Waals surface area contributed by atoms with Crippen LogP contribution in [0.1, 0.15) is 21.5 Å². The third-order valence-electron chi connectivity index (χ3n) is 3.31. The minimum Gasteiger partial charge on any atom is -0.507 e. The standard InChI is InChI=1S/C16H16ClNO3/c1-10-5-3-4-6-11(10)9-18(2)16(21)12-7-13(17)15(20)8-14(12)19/h3-8,19-20H,9H2,1-2H3. The topological polar surface area (TPSA) is 60.8 Å². The normalized spacial score (nSPS) is 10.4. The van der Waals surface area contributed by atoms with Crippen LogP contribution in [0.3, 0.4) is 0 Å². The van der Waals surface area contributed by atoms with Gasteiger partial charge in [-0.05, 0) is 24.1 Å². The fraction of sp³-hybridized carbons (Fsp3) is 0.188. The molecule has 4 nitrogen and oxygen atoms in total. The Bertz CT molecular complexity index is 685. The van der Waals surface area contributed by atoms with E-state index in [2.05, 4.69) is 0 Å². The molecule has 2 aromatic carbocycles. The zero-order valence-electron chi connectivity index (χ0n) is 11.8. The quantitative estimate of drug-likeness (QED) is 0.914. The fourth-order valence-corrected chi connectivity index (χ4v) is 2.21. The van der Waals surface area contributed by atoms with E-state index in [4.69, 9.17) is 11.6 Å². The second-order valence-corrected chi connectivity index (χ2v) is 5.32. The molecule has 110 valence electrons. The third kappa shape index (κ3) is 3.28. The summed E-state index contributed by atoms with van der Waals surface area (Å²) in [6.07, 6.45) is 0. The van der Waals surface area contributed by atoms with Crippen molar-refractivity contribution in [2.24, 2.45) is 0 Å². The molecule has 0 aliphatic carbocycles. The van der Waals surface area contributed by atoms with Gasteiger partial charge in [-0.1, -0.05) is 35.9 Å². The van der Waals surface area contributed by atoms with Gasteiger partial charge in [-0.15, -0.1) is 0 Å². The summed E-state index contributed by atoms with van der Waals surface area (Å²) >= 11 is 5.79. The number of aromatic hydroxyl groups is 2. The first-order valence-corrected chi connectivity index (χ1v) is 6.79. The number of carbonyl (C=O) groups is 1. The Morgan fingerprint density at radius 3 is 2.52 bits per heavy atom. The highest BCUT2D eigenvalue weighted by Crippen LogP contribution is 2.31. The average Bonchev–Trinajstić information content (AvgIpc) is 2.44. The van der Waals surface area contributed by atoms with E-state index in [9.17, 15) is 15.0 Å². The van der Waals surface area contributed by atoms with Gasteiger partial charge in [0.05, 0.1) is 10.6 Å². The largest absolute Gasteiger partial charge is 0.507 e. The lowest BCUT2D eigenvalue weighted by Gasteiger charge is -2.19. The van der Waals surface area contributed by atoms with Gasteiger partial charge in [-0.2, -0.15) is 0 Å². The molecule has 0 saturated heterocycles. The molecule has 21 heavy (non-hydrogen) atoms. The van der Waals surface area contributed by atoms with Crippen LogP contribution >= 0.6 is 11.6 Å². The van der Waals surface area contributed by atoms with Crippen LogP contribution in [0.5, 0.6) is 11.5 Å². The second kappa shape index (κ2) is 6.06. The van der Waals surface area contributed by atoms with E-state index < -0.39 is 0 Å². The Morgan fingerprint density at radius 2 is 1.86 bits per heavy atom. The maximum Gasteiger partial charge on any atom is 0.257 e. The first-order chi connectivity index (χ1) is 9.90. The van der Waals surface area contributed by atoms with Crippen molar-refractivity contribution in [1.29, 1.82) is 0 Å². The van der Waals surface area contributed by atoms with E-state index in [1.54, 1.807) is 7.05 Å². The molecule has 2 rings (SSSR count). The lowest BCUT2D eigenvalue weighted by Crippen LogP contribution is -2.26. The number of nitrogens with zero attached hydrogens (tertiary/aromatic N) is 1. The predicted molar refractivity (Wildman–Crippen MR) is 81.8 cm³/mol. The highest BCUT2D eigenvalue weighted by atomic mass is 35.5. The number of carbonyl (C=O) groups excluding carboxylic acids is 1. The Labute approximate surface area is 128 Å². The monoisotopic (exact) mass is 305 g/mol. The number of halogens is 1. The van der Waals surface area contributed by atoms with Gasteiger partial charge in [0.15, 0.2) is 0 Å². The molecule has 2 aromatic rings. The summed E-state index contributed by atoms with van der Waals surface area (Å²) in [4.78, 5) is 13.9. The molecule has 0 radical (unpaired) electrons. The second-order valence-electron chi connectivity index (χ2n) is 4.91. The summed E-state index contributed by atoms with van der Waals surface area (Å²) < 4.78 is 0. The van der Waals surface area contributed by atoms with Crippen molar-refractivity contribution in [3.05, 3.63) is 58.1 Å². The van der Waals surface area contributed by atoms with Gasteiger partial charge in [0, 0.05) is 19.7 Å². The third-order valence-corrected chi connectivity index (χ3v) is 3.61. The molecular weight excluding hydrogens is 290 g/mol. The SMILES string of the molecule is Cc1ccccc1CN(C)C(=O)c1cc(Cl)c(O)cc1O. The molecule has 0 atom stereocenters. The molecule has 1 amide bonds. The number of hydrogen-bond acceptors (Lipinski definition) is 3. The van der Waals surface area contributed by atoms with Gasteiger partial charge in [0.1, 0.15) is 11.5 Å². The Morgan fingerprint density at radius 1 is 1.19 bits per heavy atom. The van der Waals surface area contributed by atoms with Crippen LogP contribution < -0.4 is 0 Å². The average molecular weight is 306 g/mol. The minimum atomic E-state index is -0.363. The number of benzene rings is 2. The molecule has 0 aliphatic heterocycles.